The summed E-state index contributed by atoms with van der Waals surface area (Å²) in [4.78, 5) is 23.0. The Bertz CT molecular complexity index is 664. The molecular formula is C16H19N5O. The van der Waals surface area contributed by atoms with Crippen LogP contribution >= 0.6 is 0 Å². The van der Waals surface area contributed by atoms with Crippen LogP contribution in [0.5, 0.6) is 0 Å². The van der Waals surface area contributed by atoms with Gasteiger partial charge in [0, 0.05) is 31.6 Å². The number of amides is 1. The van der Waals surface area contributed by atoms with E-state index in [1.165, 1.54) is 12.8 Å². The maximum absolute atomic E-state index is 12.4. The third-order valence-corrected chi connectivity index (χ3v) is 4.43. The fourth-order valence-corrected chi connectivity index (χ4v) is 3.03. The van der Waals surface area contributed by atoms with E-state index in [4.69, 9.17) is 0 Å². The van der Waals surface area contributed by atoms with Crippen molar-refractivity contribution in [3.8, 4) is 0 Å². The second-order valence-corrected chi connectivity index (χ2v) is 6.24. The van der Waals surface area contributed by atoms with E-state index in [1.807, 2.05) is 17.0 Å². The highest BCUT2D eigenvalue weighted by atomic mass is 16.2. The minimum Gasteiger partial charge on any atom is -0.337 e. The van der Waals surface area contributed by atoms with Gasteiger partial charge in [-0.25, -0.2) is 4.98 Å². The van der Waals surface area contributed by atoms with Crippen LogP contribution in [-0.2, 0) is 6.42 Å². The number of carbonyl (C=O) groups is 1. The summed E-state index contributed by atoms with van der Waals surface area (Å²) in [7, 11) is 0. The molecule has 1 aliphatic heterocycles. The van der Waals surface area contributed by atoms with E-state index in [-0.39, 0.29) is 5.91 Å². The van der Waals surface area contributed by atoms with E-state index in [2.05, 4.69) is 20.2 Å². The molecule has 0 aromatic carbocycles. The molecule has 1 N–H and O–H groups in total. The molecule has 2 fully saturated rings. The Morgan fingerprint density at radius 2 is 2.23 bits per heavy atom. The van der Waals surface area contributed by atoms with E-state index in [0.29, 0.717) is 17.5 Å². The Hall–Kier alpha value is -2.24. The normalized spacial score (nSPS) is 21.3. The molecular weight excluding hydrogens is 278 g/mol. The third kappa shape index (κ3) is 2.73. The number of hydrogen-bond acceptors (Lipinski definition) is 4. The summed E-state index contributed by atoms with van der Waals surface area (Å²) < 4.78 is 0. The van der Waals surface area contributed by atoms with Gasteiger partial charge in [0.15, 0.2) is 5.82 Å². The summed E-state index contributed by atoms with van der Waals surface area (Å²) in [5, 5.41) is 7.35. The van der Waals surface area contributed by atoms with Gasteiger partial charge in [-0.1, -0.05) is 6.07 Å². The molecule has 0 spiro atoms. The molecule has 1 atom stereocenters. The molecule has 3 heterocycles. The van der Waals surface area contributed by atoms with Crippen molar-refractivity contribution in [2.24, 2.45) is 5.92 Å². The number of rotatable bonds is 4. The van der Waals surface area contributed by atoms with Gasteiger partial charge < -0.3 is 4.90 Å². The average molecular weight is 297 g/mol. The first-order valence-electron chi connectivity index (χ1n) is 7.91. The van der Waals surface area contributed by atoms with Crippen LogP contribution in [0.1, 0.15) is 47.3 Å². The van der Waals surface area contributed by atoms with Crippen LogP contribution in [0.3, 0.4) is 0 Å². The zero-order valence-electron chi connectivity index (χ0n) is 12.4. The van der Waals surface area contributed by atoms with Gasteiger partial charge in [-0.15, -0.1) is 0 Å². The van der Waals surface area contributed by atoms with Crippen LogP contribution in [0.2, 0.25) is 0 Å². The standard InChI is InChI=1S/C16H19N5O/c22-16(13-3-1-2-7-17-13)21-8-6-11(10-21)9-14-18-15(20-19-14)12-4-5-12/h1-3,7,11-12H,4-6,8-10H2,(H,18,19,20). The fourth-order valence-electron chi connectivity index (χ4n) is 3.03. The van der Waals surface area contributed by atoms with Crippen LogP contribution in [0.25, 0.3) is 0 Å². The summed E-state index contributed by atoms with van der Waals surface area (Å²) in [5.41, 5.74) is 0.527. The molecule has 1 saturated carbocycles. The minimum absolute atomic E-state index is 0.0272. The summed E-state index contributed by atoms with van der Waals surface area (Å²) in [6.07, 6.45) is 5.97. The predicted octanol–water partition coefficient (Wildman–Crippen LogP) is 1.78. The topological polar surface area (TPSA) is 74.8 Å². The van der Waals surface area contributed by atoms with Crippen molar-refractivity contribution in [3.63, 3.8) is 0 Å². The van der Waals surface area contributed by atoms with Gasteiger partial charge in [0.2, 0.25) is 0 Å². The van der Waals surface area contributed by atoms with E-state index in [9.17, 15) is 4.79 Å². The number of hydrogen-bond donors (Lipinski definition) is 1. The second-order valence-electron chi connectivity index (χ2n) is 6.24. The number of H-pyrrole nitrogens is 1. The first kappa shape index (κ1) is 13.4. The van der Waals surface area contributed by atoms with Gasteiger partial charge >= 0.3 is 0 Å². The maximum Gasteiger partial charge on any atom is 0.272 e. The SMILES string of the molecule is O=C(c1ccccn1)N1CCC(Cc2nc(C3CC3)n[nH]2)C1. The molecule has 4 rings (SSSR count). The monoisotopic (exact) mass is 297 g/mol. The van der Waals surface area contributed by atoms with Gasteiger partial charge in [0.1, 0.15) is 11.5 Å². The fraction of sp³-hybridized carbons (Fsp3) is 0.500. The van der Waals surface area contributed by atoms with Crippen molar-refractivity contribution in [2.45, 2.75) is 31.6 Å². The van der Waals surface area contributed by atoms with Crippen molar-refractivity contribution in [2.75, 3.05) is 13.1 Å². The number of carbonyl (C=O) groups excluding carboxylic acids is 1. The zero-order valence-corrected chi connectivity index (χ0v) is 12.4. The van der Waals surface area contributed by atoms with Crippen LogP contribution in [-0.4, -0.2) is 44.1 Å². The van der Waals surface area contributed by atoms with Crippen molar-refractivity contribution >= 4 is 5.91 Å². The Balaban J connectivity index is 1.36. The average Bonchev–Trinajstić information content (AvgIpc) is 3.13. The number of nitrogens with zero attached hydrogens (tertiary/aromatic N) is 4. The summed E-state index contributed by atoms with van der Waals surface area (Å²) in [5.74, 6) is 2.98. The molecule has 2 aromatic rings. The molecule has 1 aliphatic carbocycles. The molecule has 0 bridgehead atoms. The van der Waals surface area contributed by atoms with Crippen LogP contribution in [0.15, 0.2) is 24.4 Å². The predicted molar refractivity (Wildman–Crippen MR) is 80.3 cm³/mol. The first-order chi connectivity index (χ1) is 10.8. The molecule has 2 aliphatic rings. The molecule has 1 unspecified atom stereocenters. The Morgan fingerprint density at radius 3 is 3.00 bits per heavy atom. The van der Waals surface area contributed by atoms with Crippen LogP contribution < -0.4 is 0 Å². The van der Waals surface area contributed by atoms with Crippen LogP contribution in [0, 0.1) is 5.92 Å². The molecule has 0 radical (unpaired) electrons. The lowest BCUT2D eigenvalue weighted by molar-refractivity contribution is 0.0781. The lowest BCUT2D eigenvalue weighted by Crippen LogP contribution is -2.29. The zero-order chi connectivity index (χ0) is 14.9. The Labute approximate surface area is 129 Å². The first-order valence-corrected chi connectivity index (χ1v) is 7.91. The molecule has 2 aromatic heterocycles. The minimum atomic E-state index is 0.0272. The molecule has 6 heteroatoms. The lowest BCUT2D eigenvalue weighted by Gasteiger charge is -2.15. The van der Waals surface area contributed by atoms with Gasteiger partial charge in [0.05, 0.1) is 0 Å². The second kappa shape index (κ2) is 5.51. The van der Waals surface area contributed by atoms with E-state index in [1.54, 1.807) is 12.3 Å². The van der Waals surface area contributed by atoms with Crippen molar-refractivity contribution in [3.05, 3.63) is 41.7 Å². The lowest BCUT2D eigenvalue weighted by atomic mass is 10.1. The van der Waals surface area contributed by atoms with E-state index < -0.39 is 0 Å². The van der Waals surface area contributed by atoms with Crippen molar-refractivity contribution in [1.82, 2.24) is 25.1 Å². The van der Waals surface area contributed by atoms with Crippen molar-refractivity contribution < 1.29 is 4.79 Å². The smallest absolute Gasteiger partial charge is 0.272 e. The van der Waals surface area contributed by atoms with Gasteiger partial charge in [-0.3, -0.25) is 14.9 Å². The number of nitrogens with one attached hydrogen (secondary N) is 1. The van der Waals surface area contributed by atoms with E-state index >= 15 is 0 Å². The highest BCUT2D eigenvalue weighted by molar-refractivity contribution is 5.92. The highest BCUT2D eigenvalue weighted by Gasteiger charge is 2.30. The Morgan fingerprint density at radius 1 is 1.32 bits per heavy atom. The largest absolute Gasteiger partial charge is 0.337 e. The Kier molecular flexibility index (Phi) is 3.36. The van der Waals surface area contributed by atoms with Gasteiger partial charge in [-0.2, -0.15) is 5.10 Å². The van der Waals surface area contributed by atoms with Gasteiger partial charge in [-0.05, 0) is 37.3 Å². The quantitative estimate of drug-likeness (QED) is 0.933. The van der Waals surface area contributed by atoms with Gasteiger partial charge in [0.25, 0.3) is 5.91 Å². The number of aromatic nitrogens is 4. The number of pyridine rings is 1. The summed E-state index contributed by atoms with van der Waals surface area (Å²) >= 11 is 0. The molecule has 6 nitrogen and oxygen atoms in total. The summed E-state index contributed by atoms with van der Waals surface area (Å²) in [6.45, 7) is 1.57. The number of likely N-dealkylation sites (tertiary alicyclic amines) is 1. The van der Waals surface area contributed by atoms with E-state index in [0.717, 1.165) is 37.6 Å². The maximum atomic E-state index is 12.4. The van der Waals surface area contributed by atoms with Crippen molar-refractivity contribution in [1.29, 1.82) is 0 Å². The molecule has 1 saturated heterocycles. The molecule has 1 amide bonds. The molecule has 114 valence electrons. The third-order valence-electron chi connectivity index (χ3n) is 4.43. The highest BCUT2D eigenvalue weighted by Crippen LogP contribution is 2.37. The summed E-state index contributed by atoms with van der Waals surface area (Å²) in [6, 6.07) is 5.45. The number of aromatic amines is 1. The van der Waals surface area contributed by atoms with Crippen LogP contribution in [0.4, 0.5) is 0 Å². The molecule has 22 heavy (non-hydrogen) atoms.